The molecule has 1 aromatic carbocycles. The van der Waals surface area contributed by atoms with Crippen LogP contribution in [0.25, 0.3) is 0 Å². The predicted octanol–water partition coefficient (Wildman–Crippen LogP) is 3.20. The number of nitrogens with zero attached hydrogens (tertiary/aromatic N) is 2. The maximum Gasteiger partial charge on any atom is 0.200 e. The first-order valence-electron chi connectivity index (χ1n) is 5.67. The summed E-state index contributed by atoms with van der Waals surface area (Å²) in [6.07, 6.45) is 1.50. The quantitative estimate of drug-likeness (QED) is 0.537. The number of nitriles is 1. The zero-order chi connectivity index (χ0) is 15.7. The molecule has 0 saturated carbocycles. The van der Waals surface area contributed by atoms with Crippen LogP contribution in [-0.2, 0) is 13.6 Å². The van der Waals surface area contributed by atoms with E-state index in [1.54, 1.807) is 7.05 Å². The topological polar surface area (TPSA) is 40.8 Å². The fraction of sp³-hybridized carbons (Fsp3) is 0.154. The summed E-state index contributed by atoms with van der Waals surface area (Å²) in [5.41, 5.74) is -0.351. The van der Waals surface area contributed by atoms with Gasteiger partial charge in [-0.05, 0) is 11.6 Å². The highest BCUT2D eigenvalue weighted by Gasteiger charge is 2.25. The fourth-order valence-corrected chi connectivity index (χ4v) is 1.79. The number of hydrogen-bond acceptors (Lipinski definition) is 2. The van der Waals surface area contributed by atoms with Crippen molar-refractivity contribution in [3.63, 3.8) is 0 Å². The van der Waals surface area contributed by atoms with Crippen molar-refractivity contribution in [1.82, 2.24) is 4.57 Å². The highest BCUT2D eigenvalue weighted by Crippen LogP contribution is 2.27. The van der Waals surface area contributed by atoms with Crippen LogP contribution in [0.2, 0.25) is 0 Å². The van der Waals surface area contributed by atoms with Crippen molar-refractivity contribution < 1.29 is 22.0 Å². The molecule has 0 unspecified atom stereocenters. The van der Waals surface area contributed by atoms with Crippen LogP contribution in [0, 0.1) is 40.4 Å². The summed E-state index contributed by atoms with van der Waals surface area (Å²) in [5, 5.41) is 10.9. The van der Waals surface area contributed by atoms with E-state index < -0.39 is 34.8 Å². The standard InChI is InChI=1S/C13H8F5N3/c1-21-5-6(2-7(21)3-19)4-20-13-11(17)9(15)8(14)10(16)12(13)18/h2,5,20H,4H2,1H3. The molecular formula is C13H8F5N3. The molecule has 2 aromatic rings. The van der Waals surface area contributed by atoms with Crippen molar-refractivity contribution in [3.8, 4) is 6.07 Å². The number of halogens is 5. The normalized spacial score (nSPS) is 10.5. The van der Waals surface area contributed by atoms with Gasteiger partial charge in [-0.3, -0.25) is 0 Å². The molecule has 0 aliphatic heterocycles. The number of nitrogens with one attached hydrogen (secondary N) is 1. The lowest BCUT2D eigenvalue weighted by atomic mass is 10.2. The fourth-order valence-electron chi connectivity index (χ4n) is 1.79. The molecule has 3 nitrogen and oxygen atoms in total. The smallest absolute Gasteiger partial charge is 0.200 e. The number of aromatic nitrogens is 1. The molecule has 0 spiro atoms. The van der Waals surface area contributed by atoms with E-state index in [4.69, 9.17) is 5.26 Å². The van der Waals surface area contributed by atoms with Crippen LogP contribution < -0.4 is 5.32 Å². The summed E-state index contributed by atoms with van der Waals surface area (Å²) in [5.74, 6) is -10.1. The summed E-state index contributed by atoms with van der Waals surface area (Å²) < 4.78 is 67.2. The molecule has 0 aliphatic carbocycles. The first kappa shape index (κ1) is 14.8. The van der Waals surface area contributed by atoms with Crippen molar-refractivity contribution in [1.29, 1.82) is 5.26 Å². The molecule has 110 valence electrons. The van der Waals surface area contributed by atoms with Gasteiger partial charge in [-0.25, -0.2) is 22.0 Å². The lowest BCUT2D eigenvalue weighted by molar-refractivity contribution is 0.381. The molecule has 0 aliphatic rings. The average Bonchev–Trinajstić information content (AvgIpc) is 2.83. The third-order valence-electron chi connectivity index (χ3n) is 2.86. The Kier molecular flexibility index (Phi) is 3.84. The molecule has 21 heavy (non-hydrogen) atoms. The van der Waals surface area contributed by atoms with Gasteiger partial charge in [0, 0.05) is 19.8 Å². The second-order valence-corrected chi connectivity index (χ2v) is 4.25. The maximum atomic E-state index is 13.4. The van der Waals surface area contributed by atoms with Gasteiger partial charge in [0.15, 0.2) is 23.3 Å². The number of rotatable bonds is 3. The number of aryl methyl sites for hydroxylation is 1. The Morgan fingerprint density at radius 1 is 1.05 bits per heavy atom. The Bertz CT molecular complexity index is 716. The highest BCUT2D eigenvalue weighted by molar-refractivity contribution is 5.48. The van der Waals surface area contributed by atoms with Gasteiger partial charge in [0.1, 0.15) is 17.5 Å². The van der Waals surface area contributed by atoms with E-state index in [0.29, 0.717) is 11.3 Å². The Morgan fingerprint density at radius 2 is 1.57 bits per heavy atom. The zero-order valence-electron chi connectivity index (χ0n) is 10.6. The van der Waals surface area contributed by atoms with E-state index in [0.717, 1.165) is 0 Å². The highest BCUT2D eigenvalue weighted by atomic mass is 19.2. The van der Waals surface area contributed by atoms with E-state index in [1.165, 1.54) is 16.8 Å². The van der Waals surface area contributed by atoms with Crippen molar-refractivity contribution in [2.45, 2.75) is 6.54 Å². The third kappa shape index (κ3) is 2.54. The van der Waals surface area contributed by atoms with Crippen LogP contribution >= 0.6 is 0 Å². The van der Waals surface area contributed by atoms with E-state index in [2.05, 4.69) is 5.32 Å². The number of benzene rings is 1. The van der Waals surface area contributed by atoms with Gasteiger partial charge in [0.2, 0.25) is 5.82 Å². The minimum atomic E-state index is -2.21. The minimum absolute atomic E-state index is 0.201. The molecule has 2 rings (SSSR count). The van der Waals surface area contributed by atoms with Crippen LogP contribution in [0.3, 0.4) is 0 Å². The van der Waals surface area contributed by atoms with E-state index in [9.17, 15) is 22.0 Å². The molecule has 0 atom stereocenters. The van der Waals surface area contributed by atoms with Crippen molar-refractivity contribution in [2.24, 2.45) is 7.05 Å². The van der Waals surface area contributed by atoms with Gasteiger partial charge < -0.3 is 9.88 Å². The largest absolute Gasteiger partial charge is 0.376 e. The molecular weight excluding hydrogens is 293 g/mol. The van der Waals surface area contributed by atoms with Crippen LogP contribution in [0.15, 0.2) is 12.3 Å². The molecule has 1 aromatic heterocycles. The van der Waals surface area contributed by atoms with Crippen LogP contribution in [0.1, 0.15) is 11.3 Å². The maximum absolute atomic E-state index is 13.4. The molecule has 0 amide bonds. The molecule has 1 heterocycles. The second kappa shape index (κ2) is 5.44. The molecule has 1 N–H and O–H groups in total. The summed E-state index contributed by atoms with van der Waals surface area (Å²) in [6, 6.07) is 3.31. The first-order valence-corrected chi connectivity index (χ1v) is 5.67. The van der Waals surface area contributed by atoms with Crippen molar-refractivity contribution in [3.05, 3.63) is 52.6 Å². The Morgan fingerprint density at radius 3 is 2.05 bits per heavy atom. The Hall–Kier alpha value is -2.56. The van der Waals surface area contributed by atoms with E-state index >= 15 is 0 Å². The monoisotopic (exact) mass is 301 g/mol. The van der Waals surface area contributed by atoms with Gasteiger partial charge in [0.05, 0.1) is 0 Å². The summed E-state index contributed by atoms with van der Waals surface area (Å²) in [4.78, 5) is 0. The van der Waals surface area contributed by atoms with Gasteiger partial charge in [0.25, 0.3) is 0 Å². The molecule has 0 saturated heterocycles. The Balaban J connectivity index is 2.30. The van der Waals surface area contributed by atoms with Gasteiger partial charge in [-0.1, -0.05) is 0 Å². The minimum Gasteiger partial charge on any atom is -0.376 e. The van der Waals surface area contributed by atoms with Crippen LogP contribution in [0.4, 0.5) is 27.6 Å². The van der Waals surface area contributed by atoms with Crippen LogP contribution in [0.5, 0.6) is 0 Å². The summed E-state index contributed by atoms with van der Waals surface area (Å²) in [6.45, 7) is -0.201. The molecule has 8 heteroatoms. The number of hydrogen-bond donors (Lipinski definition) is 1. The van der Waals surface area contributed by atoms with Gasteiger partial charge in [-0.2, -0.15) is 5.26 Å². The lowest BCUT2D eigenvalue weighted by Gasteiger charge is -2.10. The molecule has 0 radical (unpaired) electrons. The predicted molar refractivity (Wildman–Crippen MR) is 63.7 cm³/mol. The average molecular weight is 301 g/mol. The van der Waals surface area contributed by atoms with E-state index in [1.807, 2.05) is 6.07 Å². The SMILES string of the molecule is Cn1cc(CNc2c(F)c(F)c(F)c(F)c2F)cc1C#N. The lowest BCUT2D eigenvalue weighted by Crippen LogP contribution is -2.09. The third-order valence-corrected chi connectivity index (χ3v) is 2.86. The second-order valence-electron chi connectivity index (χ2n) is 4.25. The zero-order valence-corrected chi connectivity index (χ0v) is 10.6. The van der Waals surface area contributed by atoms with E-state index in [-0.39, 0.29) is 6.54 Å². The summed E-state index contributed by atoms with van der Waals surface area (Å²) in [7, 11) is 1.58. The van der Waals surface area contributed by atoms with Crippen molar-refractivity contribution in [2.75, 3.05) is 5.32 Å². The van der Waals surface area contributed by atoms with Gasteiger partial charge in [-0.15, -0.1) is 0 Å². The molecule has 0 fully saturated rings. The van der Waals surface area contributed by atoms with Crippen molar-refractivity contribution >= 4 is 5.69 Å². The van der Waals surface area contributed by atoms with Crippen LogP contribution in [-0.4, -0.2) is 4.57 Å². The van der Waals surface area contributed by atoms with Gasteiger partial charge >= 0.3 is 0 Å². The Labute approximate surface area is 116 Å². The first-order chi connectivity index (χ1) is 9.86. The summed E-state index contributed by atoms with van der Waals surface area (Å²) >= 11 is 0. The number of anilines is 1. The molecule has 0 bridgehead atoms.